The summed E-state index contributed by atoms with van der Waals surface area (Å²) in [7, 11) is -4.18. The molecule has 1 amide bonds. The van der Waals surface area contributed by atoms with Gasteiger partial charge in [0, 0.05) is 6.42 Å². The van der Waals surface area contributed by atoms with Gasteiger partial charge in [-0.3, -0.25) is 9.42 Å². The van der Waals surface area contributed by atoms with Crippen molar-refractivity contribution in [1.29, 1.82) is 0 Å². The number of esters is 1. The van der Waals surface area contributed by atoms with Gasteiger partial charge in [0.05, 0.1) is 35.5 Å². The van der Waals surface area contributed by atoms with Crippen molar-refractivity contribution in [3.63, 3.8) is 0 Å². The zero-order chi connectivity index (χ0) is 39.5. The number of rotatable bonds is 16. The first-order chi connectivity index (χ1) is 26.2. The van der Waals surface area contributed by atoms with Crippen molar-refractivity contribution in [2.75, 3.05) is 13.2 Å². The molecule has 1 aromatic heterocycles. The van der Waals surface area contributed by atoms with E-state index in [4.69, 9.17) is 9.47 Å². The molecule has 4 saturated carbocycles. The number of nitrogens with zero attached hydrogens (tertiary/aromatic N) is 2. The van der Waals surface area contributed by atoms with E-state index in [2.05, 4.69) is 35.9 Å². The quantitative estimate of drug-likeness (QED) is 0.110. The number of fused-ring (bicyclic) bond motifs is 5. The van der Waals surface area contributed by atoms with Gasteiger partial charge in [0.1, 0.15) is 6.04 Å². The van der Waals surface area contributed by atoms with Gasteiger partial charge in [-0.2, -0.15) is 0 Å². The highest BCUT2D eigenvalue weighted by Gasteiger charge is 2.62. The monoisotopic (exact) mass is 787 g/mol. The maximum absolute atomic E-state index is 12.9. The Labute approximate surface area is 325 Å². The highest BCUT2D eigenvalue weighted by Crippen LogP contribution is 2.68. The number of aliphatic hydroxyl groups is 2. The summed E-state index contributed by atoms with van der Waals surface area (Å²) in [6.07, 6.45) is 11.2. The Balaban J connectivity index is 0.868. The molecule has 1 aromatic carbocycles. The van der Waals surface area contributed by atoms with Crippen LogP contribution in [-0.4, -0.2) is 67.1 Å². The Morgan fingerprint density at radius 1 is 0.982 bits per heavy atom. The van der Waals surface area contributed by atoms with Crippen LogP contribution in [0.4, 0.5) is 0 Å². The van der Waals surface area contributed by atoms with Crippen LogP contribution in [0.5, 0.6) is 5.88 Å². The number of sulfone groups is 1. The second-order valence-electron chi connectivity index (χ2n) is 17.5. The highest BCUT2D eigenvalue weighted by molar-refractivity contribution is 7.91. The fourth-order valence-electron chi connectivity index (χ4n) is 11.4. The van der Waals surface area contributed by atoms with Crippen molar-refractivity contribution in [3.8, 4) is 5.88 Å². The Morgan fingerprint density at radius 2 is 1.67 bits per heavy atom. The van der Waals surface area contributed by atoms with E-state index in [9.17, 15) is 33.4 Å². The molecule has 0 saturated heterocycles. The molecule has 2 aromatic rings. The van der Waals surface area contributed by atoms with E-state index in [1.165, 1.54) is 12.1 Å². The number of amides is 1. The van der Waals surface area contributed by atoms with Crippen LogP contribution in [0.3, 0.4) is 0 Å². The molecule has 55 heavy (non-hydrogen) atoms. The predicted octanol–water partition coefficient (Wildman–Crippen LogP) is 5.53. The number of unbranched alkanes of at least 4 members (excludes halogenated alkanes) is 3. The Kier molecular flexibility index (Phi) is 12.9. The number of benzene rings is 1. The van der Waals surface area contributed by atoms with Crippen LogP contribution in [0.2, 0.25) is 0 Å². The summed E-state index contributed by atoms with van der Waals surface area (Å²) in [6.45, 7) is 9.10. The van der Waals surface area contributed by atoms with Crippen LogP contribution in [-0.2, 0) is 24.2 Å². The Hall–Kier alpha value is -3.23. The summed E-state index contributed by atoms with van der Waals surface area (Å²) in [5.41, 5.74) is 0.348. The number of nitrogens with one attached hydrogen (secondary N) is 1. The summed E-state index contributed by atoms with van der Waals surface area (Å²) in [5, 5.41) is 39.5. The van der Waals surface area contributed by atoms with Gasteiger partial charge in [-0.1, -0.05) is 39.0 Å². The summed E-state index contributed by atoms with van der Waals surface area (Å²) >= 11 is 0. The molecule has 0 bridgehead atoms. The van der Waals surface area contributed by atoms with Gasteiger partial charge in [-0.15, -0.1) is 0 Å². The van der Waals surface area contributed by atoms with Gasteiger partial charge in [0.2, 0.25) is 5.91 Å². The second-order valence-corrected chi connectivity index (χ2v) is 19.4. The van der Waals surface area contributed by atoms with E-state index >= 15 is 0 Å². The summed E-state index contributed by atoms with van der Waals surface area (Å²) in [6, 6.07) is 6.73. The molecule has 14 heteroatoms. The summed E-state index contributed by atoms with van der Waals surface area (Å²) in [5.74, 6) is 1.53. The number of hydrogen-bond donors (Lipinski definition) is 3. The first-order valence-electron chi connectivity index (χ1n) is 20.5. The van der Waals surface area contributed by atoms with E-state index in [0.717, 1.165) is 64.2 Å². The maximum Gasteiger partial charge on any atom is 0.414 e. The van der Waals surface area contributed by atoms with E-state index in [0.29, 0.717) is 61.2 Å². The third kappa shape index (κ3) is 8.56. The number of carbonyl (C=O) groups is 2. The highest BCUT2D eigenvalue weighted by atomic mass is 32.2. The molecule has 11 atom stereocenters. The Bertz CT molecular complexity index is 1740. The predicted molar refractivity (Wildman–Crippen MR) is 201 cm³/mol. The molecule has 0 radical (unpaired) electrons. The third-order valence-corrected chi connectivity index (χ3v) is 16.1. The molecular formula is C41H61N3O10S. The van der Waals surface area contributed by atoms with E-state index in [1.807, 2.05) is 0 Å². The van der Waals surface area contributed by atoms with Crippen LogP contribution in [0.15, 0.2) is 44.9 Å². The lowest BCUT2D eigenvalue weighted by Gasteiger charge is -2.62. The molecule has 3 N–H and O–H groups in total. The standard InChI is InChI=1S/C41H61N3O10S/c1-26(31-15-16-32-36-33(19-21-41(31,32)4)40(3)20-18-29(45)24-28(40)25-34(36)46)14-17-35(47)42-27(2)39(48)53-23-11-6-5-10-22-52-37-38(44(49)54-43-37)55(50,51)30-12-8-7-9-13-30/h7-9,12-13,26-29,31-34,36,45-46H,5-6,10-11,14-25H2,1-4H3,(H,42,47)/t26-,27+,28+,29-,31-,32+,33+,34+,36?,40+,41-/m1/s1. The molecular weight excluding hydrogens is 727 g/mol. The van der Waals surface area contributed by atoms with Crippen molar-refractivity contribution in [2.24, 2.45) is 46.3 Å². The third-order valence-electron chi connectivity index (χ3n) is 14.4. The van der Waals surface area contributed by atoms with Crippen molar-refractivity contribution in [3.05, 3.63) is 35.5 Å². The lowest BCUT2D eigenvalue weighted by atomic mass is 9.43. The number of aromatic nitrogens is 2. The first-order valence-corrected chi connectivity index (χ1v) is 22.0. The zero-order valence-corrected chi connectivity index (χ0v) is 33.7. The number of carbonyl (C=O) groups excluding carboxylic acids is 2. The van der Waals surface area contributed by atoms with Gasteiger partial charge >= 0.3 is 16.9 Å². The molecule has 1 heterocycles. The van der Waals surface area contributed by atoms with Crippen LogP contribution >= 0.6 is 0 Å². The van der Waals surface area contributed by atoms with Gasteiger partial charge in [-0.05, 0) is 154 Å². The second kappa shape index (κ2) is 17.1. The molecule has 4 fully saturated rings. The molecule has 0 spiro atoms. The minimum absolute atomic E-state index is 0.0768. The van der Waals surface area contributed by atoms with E-state index < -0.39 is 32.8 Å². The SMILES string of the molecule is C[C@H](NC(=O)CC[C@@H](C)[C@H]1CC[C@H]2C3[C@@H](O)C[C@@H]4C[C@H](O)CC[C@]4(C)[C@H]3CC[C@]12C)C(=O)OCCCCCCOc1no[n+]([O-])c1S(=O)(=O)c1ccccc1. The van der Waals surface area contributed by atoms with Crippen molar-refractivity contribution >= 4 is 21.7 Å². The maximum atomic E-state index is 12.9. The van der Waals surface area contributed by atoms with Crippen LogP contribution < -0.4 is 15.0 Å². The molecule has 1 unspecified atom stereocenters. The van der Waals surface area contributed by atoms with E-state index in [1.54, 1.807) is 25.1 Å². The molecule has 4 aliphatic rings. The van der Waals surface area contributed by atoms with Crippen LogP contribution in [0.25, 0.3) is 0 Å². The largest absolute Gasteiger partial charge is 0.464 e. The van der Waals surface area contributed by atoms with E-state index in [-0.39, 0.29) is 52.0 Å². The van der Waals surface area contributed by atoms with Gasteiger partial charge in [0.25, 0.3) is 9.84 Å². The topological polar surface area (TPSA) is 192 Å². The van der Waals surface area contributed by atoms with Crippen molar-refractivity contribution < 1.29 is 47.2 Å². The minimum Gasteiger partial charge on any atom is -0.464 e. The molecule has 6 rings (SSSR count). The van der Waals surface area contributed by atoms with Crippen molar-refractivity contribution in [1.82, 2.24) is 10.5 Å². The minimum atomic E-state index is -4.18. The van der Waals surface area contributed by atoms with Crippen LogP contribution in [0, 0.1) is 51.5 Å². The molecule has 0 aliphatic heterocycles. The Morgan fingerprint density at radius 3 is 2.42 bits per heavy atom. The number of aliphatic hydroxyl groups excluding tert-OH is 2. The van der Waals surface area contributed by atoms with Gasteiger partial charge in [-0.25, -0.2) is 13.2 Å². The number of hydrogen-bond acceptors (Lipinski definition) is 11. The lowest BCUT2D eigenvalue weighted by molar-refractivity contribution is -0.832. The molecule has 4 aliphatic carbocycles. The number of ether oxygens (including phenoxy) is 2. The molecule has 13 nitrogen and oxygen atoms in total. The fraction of sp³-hybridized carbons (Fsp3) is 0.756. The average molecular weight is 788 g/mol. The first kappa shape index (κ1) is 41.4. The van der Waals surface area contributed by atoms with Gasteiger partial charge in [0.15, 0.2) is 0 Å². The fourth-order valence-corrected chi connectivity index (χ4v) is 12.7. The normalized spacial score (nSPS) is 32.7. The average Bonchev–Trinajstić information content (AvgIpc) is 3.71. The summed E-state index contributed by atoms with van der Waals surface area (Å²) < 4.78 is 41.1. The van der Waals surface area contributed by atoms with Crippen LogP contribution in [0.1, 0.15) is 118 Å². The van der Waals surface area contributed by atoms with Crippen molar-refractivity contribution in [2.45, 2.75) is 146 Å². The van der Waals surface area contributed by atoms with Gasteiger partial charge < -0.3 is 30.2 Å². The lowest BCUT2D eigenvalue weighted by Crippen LogP contribution is -2.58. The summed E-state index contributed by atoms with van der Waals surface area (Å²) in [4.78, 5) is 25.3. The zero-order valence-electron chi connectivity index (χ0n) is 32.9. The molecule has 306 valence electrons. The smallest absolute Gasteiger partial charge is 0.414 e.